The van der Waals surface area contributed by atoms with Crippen LogP contribution in [0.25, 0.3) is 0 Å². The number of esters is 1. The number of hydrogen-bond donors (Lipinski definition) is 1. The van der Waals surface area contributed by atoms with Crippen LogP contribution in [0.4, 0.5) is 10.1 Å². The highest BCUT2D eigenvalue weighted by molar-refractivity contribution is 6.32. The average molecular weight is 381 g/mol. The number of carbonyl (C=O) groups excluding carboxylic acids is 2. The van der Waals surface area contributed by atoms with Gasteiger partial charge in [-0.25, -0.2) is 4.39 Å². The summed E-state index contributed by atoms with van der Waals surface area (Å²) >= 11 is 11.7. The second kappa shape index (κ2) is 8.47. The number of nitriles is 1. The average Bonchev–Trinajstić information content (AvgIpc) is 2.57. The lowest BCUT2D eigenvalue weighted by molar-refractivity contribution is -0.146. The van der Waals surface area contributed by atoms with Gasteiger partial charge in [0.25, 0.3) is 5.91 Å². The molecule has 128 valence electrons. The molecule has 1 amide bonds. The maximum Gasteiger partial charge on any atom is 0.310 e. The quantitative estimate of drug-likeness (QED) is 0.801. The van der Waals surface area contributed by atoms with Gasteiger partial charge in [0.2, 0.25) is 0 Å². The van der Waals surface area contributed by atoms with Crippen molar-refractivity contribution in [2.24, 2.45) is 0 Å². The number of amides is 1. The first-order valence-corrected chi connectivity index (χ1v) is 7.74. The van der Waals surface area contributed by atoms with Gasteiger partial charge in [-0.1, -0.05) is 29.3 Å². The largest absolute Gasteiger partial charge is 0.455 e. The first kappa shape index (κ1) is 18.7. The maximum absolute atomic E-state index is 13.6. The summed E-state index contributed by atoms with van der Waals surface area (Å²) in [5.74, 6) is -2.02. The van der Waals surface area contributed by atoms with E-state index in [1.54, 1.807) is 0 Å². The highest BCUT2D eigenvalue weighted by Crippen LogP contribution is 2.21. The monoisotopic (exact) mass is 380 g/mol. The number of benzene rings is 2. The standard InChI is InChI=1S/C17H11Cl2FN2O3/c18-13-2-1-3-15(20)12(13)7-17(24)25-9-16(23)22-11-5-4-10(8-21)14(19)6-11/h1-6H,7,9H2,(H,22,23). The van der Waals surface area contributed by atoms with Crippen molar-refractivity contribution in [1.82, 2.24) is 0 Å². The molecule has 5 nitrogen and oxygen atoms in total. The third-order valence-electron chi connectivity index (χ3n) is 3.12. The van der Waals surface area contributed by atoms with Gasteiger partial charge >= 0.3 is 5.97 Å². The van der Waals surface area contributed by atoms with Crippen molar-refractivity contribution >= 4 is 40.8 Å². The minimum Gasteiger partial charge on any atom is -0.455 e. The third kappa shape index (κ3) is 5.18. The normalized spacial score (nSPS) is 10.0. The van der Waals surface area contributed by atoms with Crippen molar-refractivity contribution < 1.29 is 18.7 Å². The van der Waals surface area contributed by atoms with Crippen LogP contribution in [0, 0.1) is 17.1 Å². The summed E-state index contributed by atoms with van der Waals surface area (Å²) in [5.41, 5.74) is 0.628. The van der Waals surface area contributed by atoms with E-state index in [-0.39, 0.29) is 27.6 Å². The molecule has 0 saturated carbocycles. The van der Waals surface area contributed by atoms with Crippen LogP contribution in [-0.4, -0.2) is 18.5 Å². The fraction of sp³-hybridized carbons (Fsp3) is 0.118. The highest BCUT2D eigenvalue weighted by Gasteiger charge is 2.14. The molecule has 0 aliphatic rings. The molecule has 0 aliphatic heterocycles. The molecule has 2 rings (SSSR count). The van der Waals surface area contributed by atoms with Gasteiger partial charge in [0.05, 0.1) is 17.0 Å². The van der Waals surface area contributed by atoms with E-state index < -0.39 is 24.3 Å². The van der Waals surface area contributed by atoms with Crippen molar-refractivity contribution in [2.75, 3.05) is 11.9 Å². The van der Waals surface area contributed by atoms with Crippen molar-refractivity contribution in [3.63, 3.8) is 0 Å². The number of anilines is 1. The second-order valence-corrected chi connectivity index (χ2v) is 5.71. The van der Waals surface area contributed by atoms with Gasteiger partial charge in [-0.15, -0.1) is 0 Å². The topological polar surface area (TPSA) is 79.2 Å². The SMILES string of the molecule is N#Cc1ccc(NC(=O)COC(=O)Cc2c(F)cccc2Cl)cc1Cl. The van der Waals surface area contributed by atoms with Crippen LogP contribution in [0.3, 0.4) is 0 Å². The van der Waals surface area contributed by atoms with Crippen LogP contribution < -0.4 is 5.32 Å². The van der Waals surface area contributed by atoms with Crippen molar-refractivity contribution in [3.8, 4) is 6.07 Å². The van der Waals surface area contributed by atoms with Crippen LogP contribution in [0.5, 0.6) is 0 Å². The van der Waals surface area contributed by atoms with E-state index in [1.165, 1.54) is 36.4 Å². The predicted octanol–water partition coefficient (Wildman–Crippen LogP) is 3.73. The molecule has 0 aliphatic carbocycles. The second-order valence-electron chi connectivity index (χ2n) is 4.89. The van der Waals surface area contributed by atoms with Crippen LogP contribution in [0.1, 0.15) is 11.1 Å². The molecule has 0 fully saturated rings. The van der Waals surface area contributed by atoms with E-state index in [9.17, 15) is 14.0 Å². The smallest absolute Gasteiger partial charge is 0.310 e. The van der Waals surface area contributed by atoms with Crippen LogP contribution in [-0.2, 0) is 20.7 Å². The lowest BCUT2D eigenvalue weighted by atomic mass is 10.1. The zero-order valence-electron chi connectivity index (χ0n) is 12.7. The Hall–Kier alpha value is -2.62. The number of ether oxygens (including phenoxy) is 1. The van der Waals surface area contributed by atoms with Gasteiger partial charge < -0.3 is 10.1 Å². The van der Waals surface area contributed by atoms with Crippen molar-refractivity contribution in [1.29, 1.82) is 5.26 Å². The molecule has 0 unspecified atom stereocenters. The van der Waals surface area contributed by atoms with Gasteiger partial charge in [0.15, 0.2) is 6.61 Å². The molecule has 0 spiro atoms. The number of nitrogens with one attached hydrogen (secondary N) is 1. The lowest BCUT2D eigenvalue weighted by Crippen LogP contribution is -2.22. The van der Waals surface area contributed by atoms with E-state index in [0.717, 1.165) is 0 Å². The van der Waals surface area contributed by atoms with E-state index in [1.807, 2.05) is 6.07 Å². The predicted molar refractivity (Wildman–Crippen MR) is 90.9 cm³/mol. The molecule has 1 N–H and O–H groups in total. The third-order valence-corrected chi connectivity index (χ3v) is 3.79. The molecular formula is C17H11Cl2FN2O3. The Labute approximate surface area is 152 Å². The Kier molecular flexibility index (Phi) is 6.34. The number of halogens is 3. The summed E-state index contributed by atoms with van der Waals surface area (Å²) in [6.07, 6.45) is -0.387. The Bertz CT molecular complexity index is 845. The molecule has 0 atom stereocenters. The summed E-state index contributed by atoms with van der Waals surface area (Å²) < 4.78 is 18.4. The van der Waals surface area contributed by atoms with Gasteiger partial charge in [-0.3, -0.25) is 9.59 Å². The summed E-state index contributed by atoms with van der Waals surface area (Å²) in [6, 6.07) is 10.3. The van der Waals surface area contributed by atoms with Crippen LogP contribution in [0.15, 0.2) is 36.4 Å². The molecule has 2 aromatic carbocycles. The van der Waals surface area contributed by atoms with E-state index in [0.29, 0.717) is 5.69 Å². The number of rotatable bonds is 5. The molecule has 0 radical (unpaired) electrons. The van der Waals surface area contributed by atoms with Crippen molar-refractivity contribution in [2.45, 2.75) is 6.42 Å². The lowest BCUT2D eigenvalue weighted by Gasteiger charge is -2.08. The van der Waals surface area contributed by atoms with Gasteiger partial charge in [0, 0.05) is 16.3 Å². The van der Waals surface area contributed by atoms with Gasteiger partial charge in [-0.2, -0.15) is 5.26 Å². The van der Waals surface area contributed by atoms with E-state index in [4.69, 9.17) is 33.2 Å². The Morgan fingerprint density at radius 1 is 1.20 bits per heavy atom. The molecule has 0 aromatic heterocycles. The van der Waals surface area contributed by atoms with Gasteiger partial charge in [-0.05, 0) is 30.3 Å². The van der Waals surface area contributed by atoms with Crippen LogP contribution in [0.2, 0.25) is 10.0 Å². The number of nitrogens with zero attached hydrogens (tertiary/aromatic N) is 1. The zero-order chi connectivity index (χ0) is 18.4. The maximum atomic E-state index is 13.6. The fourth-order valence-corrected chi connectivity index (χ4v) is 2.38. The Morgan fingerprint density at radius 3 is 2.60 bits per heavy atom. The summed E-state index contributed by atoms with van der Waals surface area (Å²) in [7, 11) is 0. The Morgan fingerprint density at radius 2 is 1.96 bits per heavy atom. The molecule has 25 heavy (non-hydrogen) atoms. The summed E-state index contributed by atoms with van der Waals surface area (Å²) in [5, 5.41) is 11.5. The van der Waals surface area contributed by atoms with Gasteiger partial charge in [0.1, 0.15) is 11.9 Å². The molecule has 0 bridgehead atoms. The first-order chi connectivity index (χ1) is 11.9. The molecule has 0 saturated heterocycles. The van der Waals surface area contributed by atoms with E-state index >= 15 is 0 Å². The Balaban J connectivity index is 1.88. The summed E-state index contributed by atoms with van der Waals surface area (Å²) in [4.78, 5) is 23.5. The fourth-order valence-electron chi connectivity index (χ4n) is 1.92. The van der Waals surface area contributed by atoms with Crippen LogP contribution >= 0.6 is 23.2 Å². The summed E-state index contributed by atoms with van der Waals surface area (Å²) in [6.45, 7) is -0.553. The van der Waals surface area contributed by atoms with E-state index in [2.05, 4.69) is 5.32 Å². The highest BCUT2D eigenvalue weighted by atomic mass is 35.5. The first-order valence-electron chi connectivity index (χ1n) is 6.98. The molecule has 2 aromatic rings. The minimum absolute atomic E-state index is 0.00782. The van der Waals surface area contributed by atoms with Crippen molar-refractivity contribution in [3.05, 3.63) is 63.4 Å². The number of carbonyl (C=O) groups is 2. The molecule has 0 heterocycles. The minimum atomic E-state index is -0.792. The number of hydrogen-bond acceptors (Lipinski definition) is 4. The molecular weight excluding hydrogens is 370 g/mol. The zero-order valence-corrected chi connectivity index (χ0v) is 14.2. The molecule has 8 heteroatoms.